The van der Waals surface area contributed by atoms with Crippen LogP contribution in [0.2, 0.25) is 5.02 Å². The van der Waals surface area contributed by atoms with Gasteiger partial charge in [0.2, 0.25) is 0 Å². The van der Waals surface area contributed by atoms with Gasteiger partial charge in [0.05, 0.1) is 11.6 Å². The second-order valence-corrected chi connectivity index (χ2v) is 8.75. The Balaban J connectivity index is 1.61. The van der Waals surface area contributed by atoms with Crippen LogP contribution in [0.1, 0.15) is 55.8 Å². The standard InChI is InChI=1S/C20H23ClN4O3/c1-20(2,3)17-10-14(22-23-17)18(26)24-8-4-5-13(11-24)25-15-9-12(21)6-7-16(15)28-19(25)27/h6-7,9-10,13H,4-5,8,11H2,1-3H3,(H,22,23). The number of oxazole rings is 1. The predicted molar refractivity (Wildman–Crippen MR) is 107 cm³/mol. The van der Waals surface area contributed by atoms with Gasteiger partial charge in [0.25, 0.3) is 5.91 Å². The molecule has 0 saturated carbocycles. The van der Waals surface area contributed by atoms with Crippen LogP contribution in [0.3, 0.4) is 0 Å². The van der Waals surface area contributed by atoms with Crippen LogP contribution >= 0.6 is 11.6 Å². The lowest BCUT2D eigenvalue weighted by atomic mass is 9.92. The van der Waals surface area contributed by atoms with Crippen molar-refractivity contribution < 1.29 is 9.21 Å². The van der Waals surface area contributed by atoms with Crippen LogP contribution in [0.5, 0.6) is 0 Å². The molecular formula is C20H23ClN4O3. The fourth-order valence-corrected chi connectivity index (χ4v) is 3.85. The molecule has 8 heteroatoms. The molecule has 1 aliphatic heterocycles. The molecule has 28 heavy (non-hydrogen) atoms. The maximum Gasteiger partial charge on any atom is 0.420 e. The summed E-state index contributed by atoms with van der Waals surface area (Å²) in [5.74, 6) is -0.554. The number of aromatic amines is 1. The first-order valence-electron chi connectivity index (χ1n) is 9.40. The predicted octanol–water partition coefficient (Wildman–Crippen LogP) is 3.75. The van der Waals surface area contributed by atoms with Crippen LogP contribution in [0.4, 0.5) is 0 Å². The Hall–Kier alpha value is -2.54. The average molecular weight is 403 g/mol. The third kappa shape index (κ3) is 3.35. The lowest BCUT2D eigenvalue weighted by Crippen LogP contribution is -2.42. The highest BCUT2D eigenvalue weighted by Crippen LogP contribution is 2.28. The van der Waals surface area contributed by atoms with Gasteiger partial charge in [-0.2, -0.15) is 5.10 Å². The Morgan fingerprint density at radius 1 is 1.32 bits per heavy atom. The van der Waals surface area contributed by atoms with E-state index in [0.717, 1.165) is 18.5 Å². The zero-order valence-electron chi connectivity index (χ0n) is 16.2. The molecule has 3 heterocycles. The van der Waals surface area contributed by atoms with E-state index in [4.69, 9.17) is 16.0 Å². The number of likely N-dealkylation sites (tertiary alicyclic amines) is 1. The second-order valence-electron chi connectivity index (χ2n) is 8.31. The van der Waals surface area contributed by atoms with Gasteiger partial charge < -0.3 is 9.32 Å². The number of fused-ring (bicyclic) bond motifs is 1. The summed E-state index contributed by atoms with van der Waals surface area (Å²) in [6.45, 7) is 7.25. The quantitative estimate of drug-likeness (QED) is 0.707. The van der Waals surface area contributed by atoms with E-state index in [-0.39, 0.29) is 17.4 Å². The highest BCUT2D eigenvalue weighted by atomic mass is 35.5. The summed E-state index contributed by atoms with van der Waals surface area (Å²) in [5.41, 5.74) is 2.36. The lowest BCUT2D eigenvalue weighted by Gasteiger charge is -2.32. The first-order chi connectivity index (χ1) is 13.2. The van der Waals surface area contributed by atoms with Gasteiger partial charge in [-0.25, -0.2) is 4.79 Å². The monoisotopic (exact) mass is 402 g/mol. The Morgan fingerprint density at radius 2 is 2.11 bits per heavy atom. The summed E-state index contributed by atoms with van der Waals surface area (Å²) in [4.78, 5) is 27.2. The number of hydrogen-bond donors (Lipinski definition) is 1. The minimum Gasteiger partial charge on any atom is -0.408 e. The lowest BCUT2D eigenvalue weighted by molar-refractivity contribution is 0.0671. The van der Waals surface area contributed by atoms with E-state index in [1.165, 1.54) is 0 Å². The summed E-state index contributed by atoms with van der Waals surface area (Å²) in [5, 5.41) is 7.70. The molecule has 7 nitrogen and oxygen atoms in total. The van der Waals surface area contributed by atoms with Crippen molar-refractivity contribution in [3.05, 3.63) is 51.2 Å². The van der Waals surface area contributed by atoms with Gasteiger partial charge in [-0.3, -0.25) is 14.5 Å². The third-order valence-electron chi connectivity index (χ3n) is 5.23. The Labute approximate surface area is 167 Å². The SMILES string of the molecule is CC(C)(C)c1cc(C(=O)N2CCCC(n3c(=O)oc4ccc(Cl)cc43)C2)n[nH]1. The van der Waals surface area contributed by atoms with Crippen LogP contribution in [0, 0.1) is 0 Å². The van der Waals surface area contributed by atoms with Gasteiger partial charge in [0.1, 0.15) is 5.69 Å². The van der Waals surface area contributed by atoms with Gasteiger partial charge in [-0.05, 0) is 37.1 Å². The van der Waals surface area contributed by atoms with Crippen molar-refractivity contribution in [3.8, 4) is 0 Å². The summed E-state index contributed by atoms with van der Waals surface area (Å²) < 4.78 is 6.97. The first-order valence-corrected chi connectivity index (χ1v) is 9.77. The van der Waals surface area contributed by atoms with Crippen molar-refractivity contribution in [3.63, 3.8) is 0 Å². The highest BCUT2D eigenvalue weighted by Gasteiger charge is 2.30. The Bertz CT molecular complexity index is 1090. The number of halogens is 1. The molecule has 148 valence electrons. The average Bonchev–Trinajstić information content (AvgIpc) is 3.25. The molecule has 1 amide bonds. The van der Waals surface area contributed by atoms with Crippen LogP contribution in [-0.2, 0) is 5.41 Å². The number of nitrogens with one attached hydrogen (secondary N) is 1. The molecule has 0 radical (unpaired) electrons. The third-order valence-corrected chi connectivity index (χ3v) is 5.46. The molecule has 0 spiro atoms. The number of benzene rings is 1. The fraction of sp³-hybridized carbons (Fsp3) is 0.450. The normalized spacial score (nSPS) is 18.0. The maximum atomic E-state index is 13.0. The summed E-state index contributed by atoms with van der Waals surface area (Å²) >= 11 is 6.10. The summed E-state index contributed by atoms with van der Waals surface area (Å²) in [7, 11) is 0. The van der Waals surface area contributed by atoms with Gasteiger partial charge in [-0.15, -0.1) is 0 Å². The smallest absolute Gasteiger partial charge is 0.408 e. The van der Waals surface area contributed by atoms with Crippen LogP contribution in [0.15, 0.2) is 33.5 Å². The Morgan fingerprint density at radius 3 is 2.82 bits per heavy atom. The van der Waals surface area contributed by atoms with E-state index in [2.05, 4.69) is 31.0 Å². The molecule has 1 fully saturated rings. The molecule has 4 rings (SSSR count). The number of hydrogen-bond acceptors (Lipinski definition) is 4. The number of carbonyl (C=O) groups is 1. The van der Waals surface area contributed by atoms with Crippen molar-refractivity contribution >= 4 is 28.6 Å². The fourth-order valence-electron chi connectivity index (χ4n) is 3.68. The molecule has 1 N–H and O–H groups in total. The zero-order chi connectivity index (χ0) is 20.1. The summed E-state index contributed by atoms with van der Waals surface area (Å²) in [6, 6.07) is 6.76. The van der Waals surface area contributed by atoms with Crippen molar-refractivity contribution in [2.24, 2.45) is 0 Å². The van der Waals surface area contributed by atoms with E-state index < -0.39 is 5.76 Å². The van der Waals surface area contributed by atoms with Crippen LogP contribution in [0.25, 0.3) is 11.1 Å². The minimum absolute atomic E-state index is 0.113. The number of nitrogens with zero attached hydrogens (tertiary/aromatic N) is 3. The molecule has 2 aromatic heterocycles. The van der Waals surface area contributed by atoms with E-state index >= 15 is 0 Å². The highest BCUT2D eigenvalue weighted by molar-refractivity contribution is 6.31. The van der Waals surface area contributed by atoms with Gasteiger partial charge >= 0.3 is 5.76 Å². The number of carbonyl (C=O) groups excluding carboxylic acids is 1. The molecular weight excluding hydrogens is 380 g/mol. The van der Waals surface area contributed by atoms with Gasteiger partial charge in [0.15, 0.2) is 5.58 Å². The molecule has 1 unspecified atom stereocenters. The summed E-state index contributed by atoms with van der Waals surface area (Å²) in [6.07, 6.45) is 1.59. The molecule has 3 aromatic rings. The van der Waals surface area contributed by atoms with Crippen molar-refractivity contribution in [1.82, 2.24) is 19.7 Å². The number of aromatic nitrogens is 3. The van der Waals surface area contributed by atoms with Gasteiger partial charge in [0, 0.05) is 29.2 Å². The second kappa shape index (κ2) is 6.81. The Kier molecular flexibility index (Phi) is 4.57. The van der Waals surface area contributed by atoms with Crippen molar-refractivity contribution in [2.45, 2.75) is 45.1 Å². The first kappa shape index (κ1) is 18.8. The minimum atomic E-state index is -0.425. The molecule has 1 saturated heterocycles. The van der Waals surface area contributed by atoms with E-state index in [0.29, 0.717) is 34.9 Å². The van der Waals surface area contributed by atoms with E-state index in [9.17, 15) is 9.59 Å². The van der Waals surface area contributed by atoms with Crippen molar-refractivity contribution in [1.29, 1.82) is 0 Å². The van der Waals surface area contributed by atoms with Crippen LogP contribution < -0.4 is 5.76 Å². The molecule has 1 aromatic carbocycles. The largest absolute Gasteiger partial charge is 0.420 e. The maximum absolute atomic E-state index is 13.0. The molecule has 0 bridgehead atoms. The number of rotatable bonds is 2. The molecule has 0 aliphatic carbocycles. The zero-order valence-corrected chi connectivity index (χ0v) is 16.9. The number of H-pyrrole nitrogens is 1. The number of piperidine rings is 1. The molecule has 1 aliphatic rings. The van der Waals surface area contributed by atoms with Gasteiger partial charge in [-0.1, -0.05) is 32.4 Å². The van der Waals surface area contributed by atoms with Crippen molar-refractivity contribution in [2.75, 3.05) is 13.1 Å². The molecule has 1 atom stereocenters. The number of amides is 1. The van der Waals surface area contributed by atoms with E-state index in [1.807, 2.05) is 6.07 Å². The van der Waals surface area contributed by atoms with E-state index in [1.54, 1.807) is 27.7 Å². The van der Waals surface area contributed by atoms with Crippen LogP contribution in [-0.4, -0.2) is 38.7 Å². The topological polar surface area (TPSA) is 84.1 Å².